The first-order valence-electron chi connectivity index (χ1n) is 13.1. The summed E-state index contributed by atoms with van der Waals surface area (Å²) in [6.45, 7) is 13.1. The fourth-order valence-electron chi connectivity index (χ4n) is 4.41. The molecule has 2 heterocycles. The molecule has 0 spiro atoms. The van der Waals surface area contributed by atoms with Crippen LogP contribution in [-0.2, 0) is 32.7 Å². The molecule has 2 aromatic rings. The van der Waals surface area contributed by atoms with E-state index in [0.29, 0.717) is 5.89 Å². The maximum atomic E-state index is 13.8. The van der Waals surface area contributed by atoms with Crippen molar-refractivity contribution in [1.29, 1.82) is 0 Å². The molecule has 3 atom stereocenters. The molecule has 1 aromatic carbocycles. The minimum atomic E-state index is -0.950. The van der Waals surface area contributed by atoms with Gasteiger partial charge in [-0.1, -0.05) is 72.7 Å². The van der Waals surface area contributed by atoms with Crippen LogP contribution in [0.4, 0.5) is 4.79 Å². The molecule has 212 valence electrons. The van der Waals surface area contributed by atoms with Gasteiger partial charge in [-0.2, -0.15) is 0 Å². The second kappa shape index (κ2) is 12.0. The van der Waals surface area contributed by atoms with E-state index in [9.17, 15) is 19.2 Å². The Labute approximate surface area is 229 Å². The third-order valence-corrected chi connectivity index (χ3v) is 6.75. The third kappa shape index (κ3) is 6.82. The zero-order valence-electron chi connectivity index (χ0n) is 23.9. The van der Waals surface area contributed by atoms with E-state index in [-0.39, 0.29) is 30.7 Å². The van der Waals surface area contributed by atoms with E-state index < -0.39 is 47.2 Å². The minimum Gasteiger partial charge on any atom is -0.453 e. The number of nitrogens with zero attached hydrogens (tertiary/aromatic N) is 3. The number of alkyl carbamates (subject to hydrolysis) is 1. The summed E-state index contributed by atoms with van der Waals surface area (Å²) in [5.41, 5.74) is 1.40. The number of Topliss-reactive ketones (excluding diaryl/α,β-unsaturated/α-hetero) is 1. The second-order valence-electron chi connectivity index (χ2n) is 11.6. The summed E-state index contributed by atoms with van der Waals surface area (Å²) in [6, 6.07) is 4.81. The number of fused-ring (bicyclic) bond motifs is 1. The number of carbonyl (C=O) groups is 4. The monoisotopic (exact) mass is 541 g/mol. The zero-order chi connectivity index (χ0) is 29.1. The van der Waals surface area contributed by atoms with E-state index in [1.54, 1.807) is 27.7 Å². The van der Waals surface area contributed by atoms with Gasteiger partial charge in [0.15, 0.2) is 0 Å². The fraction of sp³-hybridized carbons (Fsp3) is 0.571. The molecule has 0 fully saturated rings. The Kier molecular flexibility index (Phi) is 9.14. The van der Waals surface area contributed by atoms with E-state index in [4.69, 9.17) is 9.15 Å². The summed E-state index contributed by atoms with van der Waals surface area (Å²) >= 11 is 0. The SMILES string of the molecule is COC(=O)N[C@H](C(=O)N1Cc2ccccc2C[C@H]1C(=O)N[C@H](C(=O)c1nnc(C(C)(C)C)o1)C(C)C)C(C)C. The van der Waals surface area contributed by atoms with Crippen molar-refractivity contribution in [3.8, 4) is 0 Å². The van der Waals surface area contributed by atoms with Crippen LogP contribution in [-0.4, -0.2) is 64.0 Å². The topological polar surface area (TPSA) is 144 Å². The van der Waals surface area contributed by atoms with Gasteiger partial charge in [0.05, 0.1) is 13.2 Å². The van der Waals surface area contributed by atoms with Crippen LogP contribution >= 0.6 is 0 Å². The molecular formula is C28H39N5O6. The van der Waals surface area contributed by atoms with Crippen LogP contribution in [0.15, 0.2) is 28.7 Å². The highest BCUT2D eigenvalue weighted by atomic mass is 16.5. The molecule has 1 aliphatic heterocycles. The number of amides is 3. The number of ether oxygens (including phenoxy) is 1. The van der Waals surface area contributed by atoms with Gasteiger partial charge in [-0.15, -0.1) is 10.2 Å². The van der Waals surface area contributed by atoms with Crippen molar-refractivity contribution in [1.82, 2.24) is 25.7 Å². The van der Waals surface area contributed by atoms with Crippen molar-refractivity contribution in [2.45, 2.75) is 85.0 Å². The normalized spacial score (nSPS) is 16.9. The van der Waals surface area contributed by atoms with Crippen molar-refractivity contribution in [2.75, 3.05) is 7.11 Å². The van der Waals surface area contributed by atoms with Crippen LogP contribution in [0.1, 0.15) is 76.2 Å². The van der Waals surface area contributed by atoms with Crippen molar-refractivity contribution in [2.24, 2.45) is 11.8 Å². The number of nitrogens with one attached hydrogen (secondary N) is 2. The van der Waals surface area contributed by atoms with E-state index >= 15 is 0 Å². The average Bonchev–Trinajstić information content (AvgIpc) is 3.39. The number of hydrogen-bond acceptors (Lipinski definition) is 8. The number of carbonyl (C=O) groups excluding carboxylic acids is 4. The Morgan fingerprint density at radius 3 is 2.13 bits per heavy atom. The molecular weight excluding hydrogens is 502 g/mol. The Hall–Kier alpha value is -3.76. The molecule has 3 amide bonds. The highest BCUT2D eigenvalue weighted by molar-refractivity contribution is 6.00. The van der Waals surface area contributed by atoms with Gasteiger partial charge in [0.1, 0.15) is 12.1 Å². The molecule has 2 N–H and O–H groups in total. The maximum Gasteiger partial charge on any atom is 0.407 e. The van der Waals surface area contributed by atoms with Gasteiger partial charge >= 0.3 is 6.09 Å². The smallest absolute Gasteiger partial charge is 0.407 e. The van der Waals surface area contributed by atoms with Crippen LogP contribution in [0, 0.1) is 11.8 Å². The molecule has 39 heavy (non-hydrogen) atoms. The molecule has 0 aliphatic carbocycles. The number of ketones is 1. The van der Waals surface area contributed by atoms with Gasteiger partial charge in [-0.3, -0.25) is 14.4 Å². The van der Waals surface area contributed by atoms with Crippen LogP contribution in [0.3, 0.4) is 0 Å². The lowest BCUT2D eigenvalue weighted by molar-refractivity contribution is -0.144. The molecule has 0 unspecified atom stereocenters. The summed E-state index contributed by atoms with van der Waals surface area (Å²) < 4.78 is 10.4. The van der Waals surface area contributed by atoms with E-state index in [0.717, 1.165) is 11.1 Å². The molecule has 0 radical (unpaired) electrons. The predicted molar refractivity (Wildman–Crippen MR) is 143 cm³/mol. The Morgan fingerprint density at radius 1 is 0.974 bits per heavy atom. The maximum absolute atomic E-state index is 13.8. The van der Waals surface area contributed by atoms with Crippen molar-refractivity contribution < 1.29 is 28.3 Å². The molecule has 11 nitrogen and oxygen atoms in total. The first-order chi connectivity index (χ1) is 18.2. The largest absolute Gasteiger partial charge is 0.453 e. The summed E-state index contributed by atoms with van der Waals surface area (Å²) in [7, 11) is 1.22. The van der Waals surface area contributed by atoms with Crippen molar-refractivity contribution >= 4 is 23.7 Å². The summed E-state index contributed by atoms with van der Waals surface area (Å²) in [5.74, 6) is -1.82. The lowest BCUT2D eigenvalue weighted by Gasteiger charge is -2.39. The van der Waals surface area contributed by atoms with E-state index in [1.165, 1.54) is 12.0 Å². The molecule has 3 rings (SSSR count). The van der Waals surface area contributed by atoms with Crippen LogP contribution in [0.5, 0.6) is 0 Å². The Balaban J connectivity index is 1.91. The third-order valence-electron chi connectivity index (χ3n) is 6.75. The summed E-state index contributed by atoms with van der Waals surface area (Å²) in [5, 5.41) is 13.4. The Morgan fingerprint density at radius 2 is 1.59 bits per heavy atom. The van der Waals surface area contributed by atoms with Gasteiger partial charge in [0.25, 0.3) is 5.89 Å². The number of methoxy groups -OCH3 is 1. The molecule has 0 bridgehead atoms. The molecule has 0 saturated heterocycles. The van der Waals surface area contributed by atoms with Crippen LogP contribution in [0.2, 0.25) is 0 Å². The van der Waals surface area contributed by atoms with Crippen molar-refractivity contribution in [3.05, 3.63) is 47.2 Å². The highest BCUT2D eigenvalue weighted by Gasteiger charge is 2.41. The fourth-order valence-corrected chi connectivity index (χ4v) is 4.41. The standard InChI is InChI=1S/C28H39N5O6/c1-15(2)20(22(34)24-31-32-26(39-24)28(5,6)7)29-23(35)19-13-17-11-9-10-12-18(17)14-33(19)25(36)21(16(3)4)30-27(37)38-8/h9-12,15-16,19-21H,13-14H2,1-8H3,(H,29,35)(H,30,37)/t19-,20-,21-/m0/s1. The zero-order valence-corrected chi connectivity index (χ0v) is 23.9. The second-order valence-corrected chi connectivity index (χ2v) is 11.6. The van der Waals surface area contributed by atoms with Gasteiger partial charge < -0.3 is 24.7 Å². The van der Waals surface area contributed by atoms with Gasteiger partial charge in [0.2, 0.25) is 23.5 Å². The molecule has 1 aromatic heterocycles. The quantitative estimate of drug-likeness (QED) is 0.486. The summed E-state index contributed by atoms with van der Waals surface area (Å²) in [6.07, 6.45) is -0.482. The highest BCUT2D eigenvalue weighted by Crippen LogP contribution is 2.26. The van der Waals surface area contributed by atoms with Gasteiger partial charge in [0, 0.05) is 18.4 Å². The van der Waals surface area contributed by atoms with Crippen LogP contribution < -0.4 is 10.6 Å². The van der Waals surface area contributed by atoms with Gasteiger partial charge in [-0.05, 0) is 23.0 Å². The minimum absolute atomic E-state index is 0.178. The first kappa shape index (κ1) is 29.8. The summed E-state index contributed by atoms with van der Waals surface area (Å²) in [4.78, 5) is 54.3. The molecule has 0 saturated carbocycles. The average molecular weight is 542 g/mol. The lowest BCUT2D eigenvalue weighted by Crippen LogP contribution is -2.60. The van der Waals surface area contributed by atoms with Crippen LogP contribution in [0.25, 0.3) is 0 Å². The number of benzene rings is 1. The lowest BCUT2D eigenvalue weighted by atomic mass is 9.91. The predicted octanol–water partition coefficient (Wildman–Crippen LogP) is 3.02. The number of rotatable bonds is 8. The van der Waals surface area contributed by atoms with E-state index in [1.807, 2.05) is 45.0 Å². The molecule has 1 aliphatic rings. The number of hydrogen-bond donors (Lipinski definition) is 2. The van der Waals surface area contributed by atoms with E-state index in [2.05, 4.69) is 20.8 Å². The van der Waals surface area contributed by atoms with Gasteiger partial charge in [-0.25, -0.2) is 4.79 Å². The Bertz CT molecular complexity index is 1220. The first-order valence-corrected chi connectivity index (χ1v) is 13.1. The molecule has 11 heteroatoms. The number of aromatic nitrogens is 2. The van der Waals surface area contributed by atoms with Crippen molar-refractivity contribution in [3.63, 3.8) is 0 Å².